The van der Waals surface area contributed by atoms with Crippen molar-refractivity contribution >= 4 is 43.6 Å². The van der Waals surface area contributed by atoms with Crippen molar-refractivity contribution in [2.24, 2.45) is 0 Å². The topological polar surface area (TPSA) is 72.3 Å². The summed E-state index contributed by atoms with van der Waals surface area (Å²) in [6, 6.07) is 65.5. The van der Waals surface area contributed by atoms with E-state index in [1.807, 2.05) is 60.7 Å². The molecule has 0 aliphatic rings. The summed E-state index contributed by atoms with van der Waals surface area (Å²) in [4.78, 5) is 15.4. The van der Waals surface area contributed by atoms with Gasteiger partial charge in [-0.1, -0.05) is 139 Å². The van der Waals surface area contributed by atoms with Crippen LogP contribution in [0.5, 0.6) is 0 Å². The Hall–Kier alpha value is -8.14. The minimum atomic E-state index is 0.553. The molecular formula is C54H36N6. The molecule has 0 radical (unpaired) electrons. The van der Waals surface area contributed by atoms with Crippen LogP contribution in [0.3, 0.4) is 0 Å². The number of aromatic nitrogens is 5. The first-order valence-electron chi connectivity index (χ1n) is 20.1. The van der Waals surface area contributed by atoms with Crippen molar-refractivity contribution in [1.82, 2.24) is 24.1 Å². The van der Waals surface area contributed by atoms with E-state index in [9.17, 15) is 5.26 Å². The lowest BCUT2D eigenvalue weighted by Crippen LogP contribution is -2.04. The molecule has 0 saturated carbocycles. The van der Waals surface area contributed by atoms with Crippen LogP contribution in [0.15, 0.2) is 182 Å². The molecule has 11 rings (SSSR count). The molecule has 0 aliphatic carbocycles. The van der Waals surface area contributed by atoms with Gasteiger partial charge in [-0.05, 0) is 74.0 Å². The van der Waals surface area contributed by atoms with Crippen LogP contribution in [0.4, 0.5) is 0 Å². The lowest BCUT2D eigenvalue weighted by atomic mass is 9.96. The zero-order chi connectivity index (χ0) is 40.3. The summed E-state index contributed by atoms with van der Waals surface area (Å²) in [7, 11) is 0. The molecule has 0 atom stereocenters. The molecule has 0 unspecified atom stereocenters. The number of hydrogen-bond donors (Lipinski definition) is 0. The van der Waals surface area contributed by atoms with Crippen LogP contribution in [-0.4, -0.2) is 24.1 Å². The van der Waals surface area contributed by atoms with E-state index in [1.54, 1.807) is 0 Å². The number of para-hydroxylation sites is 2. The van der Waals surface area contributed by atoms with E-state index in [2.05, 4.69) is 150 Å². The Morgan fingerprint density at radius 1 is 0.383 bits per heavy atom. The first-order valence-corrected chi connectivity index (χ1v) is 20.1. The third-order valence-electron chi connectivity index (χ3n) is 11.5. The second-order valence-electron chi connectivity index (χ2n) is 15.3. The number of fused-ring (bicyclic) bond motifs is 6. The molecule has 6 heteroatoms. The zero-order valence-corrected chi connectivity index (χ0v) is 33.0. The number of rotatable bonds is 6. The maximum absolute atomic E-state index is 11.1. The number of aryl methyl sites for hydroxylation is 2. The highest BCUT2D eigenvalue weighted by Gasteiger charge is 2.23. The Balaban J connectivity index is 1.20. The van der Waals surface area contributed by atoms with Gasteiger partial charge in [0.05, 0.1) is 39.0 Å². The Kier molecular flexibility index (Phi) is 8.21. The highest BCUT2D eigenvalue weighted by Crippen LogP contribution is 2.41. The third kappa shape index (κ3) is 5.67. The van der Waals surface area contributed by atoms with Gasteiger partial charge >= 0.3 is 0 Å². The molecule has 60 heavy (non-hydrogen) atoms. The largest absolute Gasteiger partial charge is 0.308 e. The summed E-state index contributed by atoms with van der Waals surface area (Å²) < 4.78 is 4.56. The van der Waals surface area contributed by atoms with Crippen molar-refractivity contribution in [2.75, 3.05) is 0 Å². The average Bonchev–Trinajstić information content (AvgIpc) is 3.80. The van der Waals surface area contributed by atoms with Gasteiger partial charge in [-0.15, -0.1) is 0 Å². The molecule has 11 aromatic rings. The van der Waals surface area contributed by atoms with Gasteiger partial charge in [0.1, 0.15) is 6.07 Å². The van der Waals surface area contributed by atoms with E-state index < -0.39 is 0 Å². The first kappa shape index (κ1) is 35.1. The van der Waals surface area contributed by atoms with Crippen molar-refractivity contribution in [3.63, 3.8) is 0 Å². The Bertz CT molecular complexity index is 3460. The van der Waals surface area contributed by atoms with Crippen molar-refractivity contribution in [2.45, 2.75) is 13.8 Å². The maximum Gasteiger partial charge on any atom is 0.166 e. The van der Waals surface area contributed by atoms with Crippen LogP contribution in [0, 0.1) is 25.2 Å². The molecule has 0 spiro atoms. The molecule has 0 N–H and O–H groups in total. The summed E-state index contributed by atoms with van der Waals surface area (Å²) in [6.45, 7) is 4.25. The van der Waals surface area contributed by atoms with Crippen molar-refractivity contribution < 1.29 is 0 Å². The van der Waals surface area contributed by atoms with Gasteiger partial charge in [-0.2, -0.15) is 5.26 Å². The Labute approximate surface area is 346 Å². The van der Waals surface area contributed by atoms with Crippen LogP contribution in [0.2, 0.25) is 0 Å². The summed E-state index contributed by atoms with van der Waals surface area (Å²) in [5.41, 5.74) is 13.3. The highest BCUT2D eigenvalue weighted by atomic mass is 15.1. The van der Waals surface area contributed by atoms with Gasteiger partial charge in [-0.25, -0.2) is 15.0 Å². The monoisotopic (exact) mass is 768 g/mol. The molecular weight excluding hydrogens is 733 g/mol. The number of nitrogens with zero attached hydrogens (tertiary/aromatic N) is 6. The summed E-state index contributed by atoms with van der Waals surface area (Å²) in [5, 5.41) is 15.8. The van der Waals surface area contributed by atoms with Gasteiger partial charge in [0.2, 0.25) is 0 Å². The highest BCUT2D eigenvalue weighted by molar-refractivity contribution is 6.11. The van der Waals surface area contributed by atoms with E-state index in [-0.39, 0.29) is 0 Å². The Morgan fingerprint density at radius 3 is 1.45 bits per heavy atom. The van der Waals surface area contributed by atoms with Gasteiger partial charge in [-0.3, -0.25) is 0 Å². The second kappa shape index (κ2) is 14.1. The fourth-order valence-electron chi connectivity index (χ4n) is 8.78. The van der Waals surface area contributed by atoms with Crippen LogP contribution in [0.1, 0.15) is 16.7 Å². The molecule has 0 fully saturated rings. The number of benzene rings is 8. The SMILES string of the molecule is Cc1ccc2c(c1)c1ccccc1n2-c1cc(-c2cccc(-n3c4ccccc4c4cc(C)ccc43)c2C#N)ccc1-c1nc(-c2ccccc2)nc(-c2ccccc2)n1. The van der Waals surface area contributed by atoms with Gasteiger partial charge in [0, 0.05) is 43.8 Å². The molecule has 6 nitrogen and oxygen atoms in total. The van der Waals surface area contributed by atoms with E-state index in [0.29, 0.717) is 23.0 Å². The number of hydrogen-bond acceptors (Lipinski definition) is 4. The summed E-state index contributed by atoms with van der Waals surface area (Å²) >= 11 is 0. The molecule has 0 bridgehead atoms. The quantitative estimate of drug-likeness (QED) is 0.169. The Morgan fingerprint density at radius 2 is 0.883 bits per heavy atom. The van der Waals surface area contributed by atoms with E-state index in [1.165, 1.54) is 11.1 Å². The molecule has 8 aromatic carbocycles. The van der Waals surface area contributed by atoms with Crippen molar-refractivity contribution in [3.8, 4) is 62.7 Å². The predicted octanol–water partition coefficient (Wildman–Crippen LogP) is 13.2. The fraction of sp³-hybridized carbons (Fsp3) is 0.0370. The number of nitriles is 1. The zero-order valence-electron chi connectivity index (χ0n) is 33.0. The maximum atomic E-state index is 11.1. The fourth-order valence-corrected chi connectivity index (χ4v) is 8.78. The standard InChI is InChI=1S/C54H36N6/c1-34-24-28-49-43(30-34)40-18-9-11-21-46(40)59(49)48-23-13-20-39(45(48)33-55)38-26-27-42(51(32-38)60-47-22-12-10-19-41(47)44-31-35(2)25-29-50(44)60)54-57-52(36-14-5-3-6-15-36)56-53(58-54)37-16-7-4-8-17-37/h3-32H,1-2H3. The van der Waals surface area contributed by atoms with Gasteiger partial charge in [0.25, 0.3) is 0 Å². The average molecular weight is 769 g/mol. The van der Waals surface area contributed by atoms with Crippen LogP contribution in [-0.2, 0) is 0 Å². The van der Waals surface area contributed by atoms with Gasteiger partial charge < -0.3 is 9.13 Å². The van der Waals surface area contributed by atoms with E-state index >= 15 is 0 Å². The summed E-state index contributed by atoms with van der Waals surface area (Å²) in [5.74, 6) is 1.73. The normalized spacial score (nSPS) is 11.5. The van der Waals surface area contributed by atoms with Crippen LogP contribution >= 0.6 is 0 Å². The van der Waals surface area contributed by atoms with Crippen LogP contribution in [0.25, 0.3) is 100 Å². The molecule has 0 saturated heterocycles. The van der Waals surface area contributed by atoms with E-state index in [4.69, 9.17) is 15.0 Å². The van der Waals surface area contributed by atoms with Crippen molar-refractivity contribution in [1.29, 1.82) is 5.26 Å². The molecule has 0 amide bonds. The van der Waals surface area contributed by atoms with Crippen LogP contribution < -0.4 is 0 Å². The predicted molar refractivity (Wildman–Crippen MR) is 244 cm³/mol. The third-order valence-corrected chi connectivity index (χ3v) is 11.5. The second-order valence-corrected chi connectivity index (χ2v) is 15.3. The first-order chi connectivity index (χ1) is 29.5. The van der Waals surface area contributed by atoms with E-state index in [0.717, 1.165) is 82.8 Å². The minimum Gasteiger partial charge on any atom is -0.308 e. The van der Waals surface area contributed by atoms with Gasteiger partial charge in [0.15, 0.2) is 17.5 Å². The lowest BCUT2D eigenvalue weighted by Gasteiger charge is -2.18. The minimum absolute atomic E-state index is 0.553. The smallest absolute Gasteiger partial charge is 0.166 e. The molecule has 0 aliphatic heterocycles. The molecule has 3 aromatic heterocycles. The molecule has 3 heterocycles. The lowest BCUT2D eigenvalue weighted by molar-refractivity contribution is 1.06. The summed E-state index contributed by atoms with van der Waals surface area (Å²) in [6.07, 6.45) is 0. The van der Waals surface area contributed by atoms with Crippen molar-refractivity contribution in [3.05, 3.63) is 199 Å². The molecule has 282 valence electrons.